The predicted octanol–water partition coefficient (Wildman–Crippen LogP) is 3.26. The Balaban J connectivity index is 1.59. The quantitative estimate of drug-likeness (QED) is 0.806. The van der Waals surface area contributed by atoms with Gasteiger partial charge in [0.05, 0.1) is 0 Å². The highest BCUT2D eigenvalue weighted by atomic mass is 15.4. The van der Waals surface area contributed by atoms with E-state index in [9.17, 15) is 0 Å². The van der Waals surface area contributed by atoms with Crippen molar-refractivity contribution in [1.82, 2.24) is 10.9 Å². The smallest absolute Gasteiger partial charge is 0.0468 e. The molecule has 4 rings (SSSR count). The number of benzene rings is 1. The standard InChI is InChI=1S/C17H24N2/c1-10-4-3-5-14(11(10)2)16-9-15-12-6-7-13(8-12)17(15)19-18-16/h3-5,12-13,15-19H,6-9H2,1-2H3. The van der Waals surface area contributed by atoms with E-state index in [4.69, 9.17) is 0 Å². The van der Waals surface area contributed by atoms with Crippen LogP contribution < -0.4 is 10.9 Å². The average molecular weight is 256 g/mol. The van der Waals surface area contributed by atoms with Crippen molar-refractivity contribution in [1.29, 1.82) is 0 Å². The zero-order chi connectivity index (χ0) is 13.0. The summed E-state index contributed by atoms with van der Waals surface area (Å²) >= 11 is 0. The lowest BCUT2D eigenvalue weighted by molar-refractivity contribution is 0.139. The number of aryl methyl sites for hydroxylation is 1. The van der Waals surface area contributed by atoms with Gasteiger partial charge < -0.3 is 0 Å². The lowest BCUT2D eigenvalue weighted by Crippen LogP contribution is -2.54. The zero-order valence-electron chi connectivity index (χ0n) is 11.9. The molecule has 0 amide bonds. The van der Waals surface area contributed by atoms with Crippen LogP contribution in [0.25, 0.3) is 0 Å². The van der Waals surface area contributed by atoms with Gasteiger partial charge in [0, 0.05) is 12.1 Å². The fourth-order valence-electron chi connectivity index (χ4n) is 4.86. The van der Waals surface area contributed by atoms with Gasteiger partial charge >= 0.3 is 0 Å². The highest BCUT2D eigenvalue weighted by Crippen LogP contribution is 2.52. The summed E-state index contributed by atoms with van der Waals surface area (Å²) in [5.41, 5.74) is 11.6. The molecule has 2 aliphatic carbocycles. The van der Waals surface area contributed by atoms with Crippen molar-refractivity contribution in [2.45, 2.75) is 51.6 Å². The summed E-state index contributed by atoms with van der Waals surface area (Å²) in [5, 5.41) is 0. The topological polar surface area (TPSA) is 24.1 Å². The van der Waals surface area contributed by atoms with E-state index in [1.54, 1.807) is 0 Å². The van der Waals surface area contributed by atoms with Crippen LogP contribution in [-0.2, 0) is 0 Å². The summed E-state index contributed by atoms with van der Waals surface area (Å²) in [6, 6.07) is 7.97. The second-order valence-corrected chi connectivity index (χ2v) is 6.89. The number of hydrogen-bond donors (Lipinski definition) is 2. The molecule has 1 saturated heterocycles. The maximum Gasteiger partial charge on any atom is 0.0468 e. The summed E-state index contributed by atoms with van der Waals surface area (Å²) in [4.78, 5) is 0. The second-order valence-electron chi connectivity index (χ2n) is 6.89. The third-order valence-electron chi connectivity index (χ3n) is 6.04. The molecule has 1 aromatic carbocycles. The molecule has 2 bridgehead atoms. The first-order valence-electron chi connectivity index (χ1n) is 7.81. The fraction of sp³-hybridized carbons (Fsp3) is 0.647. The fourth-order valence-corrected chi connectivity index (χ4v) is 4.86. The van der Waals surface area contributed by atoms with E-state index in [1.165, 1.54) is 42.4 Å². The van der Waals surface area contributed by atoms with Crippen molar-refractivity contribution < 1.29 is 0 Å². The van der Waals surface area contributed by atoms with E-state index in [1.807, 2.05) is 0 Å². The first-order chi connectivity index (χ1) is 9.24. The molecule has 5 atom stereocenters. The first-order valence-corrected chi connectivity index (χ1v) is 7.81. The van der Waals surface area contributed by atoms with Gasteiger partial charge in [-0.15, -0.1) is 0 Å². The largest absolute Gasteiger partial charge is 0.254 e. The van der Waals surface area contributed by atoms with Crippen LogP contribution in [0.4, 0.5) is 0 Å². The summed E-state index contributed by atoms with van der Waals surface area (Å²) in [6.07, 6.45) is 5.73. The van der Waals surface area contributed by atoms with Gasteiger partial charge in [-0.1, -0.05) is 18.2 Å². The number of nitrogens with one attached hydrogen (secondary N) is 2. The second kappa shape index (κ2) is 4.32. The molecule has 2 N–H and O–H groups in total. The Kier molecular flexibility index (Phi) is 2.71. The Morgan fingerprint density at radius 2 is 1.84 bits per heavy atom. The van der Waals surface area contributed by atoms with Crippen LogP contribution in [0.3, 0.4) is 0 Å². The SMILES string of the molecule is Cc1cccc(C2CC3C4CCC(C4)C3NN2)c1C. The number of rotatable bonds is 1. The molecular weight excluding hydrogens is 232 g/mol. The molecule has 2 nitrogen and oxygen atoms in total. The van der Waals surface area contributed by atoms with Crippen LogP contribution in [0.5, 0.6) is 0 Å². The molecule has 102 valence electrons. The normalized spacial score (nSPS) is 40.4. The van der Waals surface area contributed by atoms with E-state index in [0.717, 1.165) is 23.8 Å². The Morgan fingerprint density at radius 3 is 2.74 bits per heavy atom. The summed E-state index contributed by atoms with van der Waals surface area (Å²) in [6.45, 7) is 4.48. The van der Waals surface area contributed by atoms with Crippen LogP contribution in [0.1, 0.15) is 48.4 Å². The summed E-state index contributed by atoms with van der Waals surface area (Å²) < 4.78 is 0. The lowest BCUT2D eigenvalue weighted by Gasteiger charge is -2.41. The molecule has 0 spiro atoms. The molecule has 2 saturated carbocycles. The molecule has 0 radical (unpaired) electrons. The van der Waals surface area contributed by atoms with Crippen molar-refractivity contribution in [3.8, 4) is 0 Å². The van der Waals surface area contributed by atoms with Gasteiger partial charge in [-0.2, -0.15) is 0 Å². The van der Waals surface area contributed by atoms with E-state index < -0.39 is 0 Å². The Hall–Kier alpha value is -0.860. The first kappa shape index (κ1) is 11.9. The van der Waals surface area contributed by atoms with Crippen molar-refractivity contribution in [2.24, 2.45) is 17.8 Å². The molecule has 1 aromatic rings. The van der Waals surface area contributed by atoms with E-state index in [2.05, 4.69) is 42.9 Å². The van der Waals surface area contributed by atoms with Gasteiger partial charge in [-0.05, 0) is 74.0 Å². The Morgan fingerprint density at radius 1 is 1.00 bits per heavy atom. The Bertz CT molecular complexity index is 496. The molecular formula is C17H24N2. The molecule has 1 heterocycles. The highest BCUT2D eigenvalue weighted by molar-refractivity contribution is 5.35. The van der Waals surface area contributed by atoms with Gasteiger partial charge in [0.25, 0.3) is 0 Å². The monoisotopic (exact) mass is 256 g/mol. The zero-order valence-corrected chi connectivity index (χ0v) is 11.9. The van der Waals surface area contributed by atoms with E-state index >= 15 is 0 Å². The average Bonchev–Trinajstić information content (AvgIpc) is 3.03. The van der Waals surface area contributed by atoms with E-state index in [0.29, 0.717) is 6.04 Å². The van der Waals surface area contributed by atoms with Gasteiger partial charge in [-0.3, -0.25) is 10.9 Å². The van der Waals surface area contributed by atoms with Gasteiger partial charge in [0.2, 0.25) is 0 Å². The minimum absolute atomic E-state index is 0.500. The summed E-state index contributed by atoms with van der Waals surface area (Å²) in [5.74, 6) is 2.85. The Labute approximate surface area is 115 Å². The molecule has 3 fully saturated rings. The maximum atomic E-state index is 3.66. The van der Waals surface area contributed by atoms with Crippen LogP contribution in [-0.4, -0.2) is 6.04 Å². The van der Waals surface area contributed by atoms with Crippen LogP contribution in [0, 0.1) is 31.6 Å². The summed E-state index contributed by atoms with van der Waals surface area (Å²) in [7, 11) is 0. The van der Waals surface area contributed by atoms with Crippen molar-refractivity contribution in [3.63, 3.8) is 0 Å². The maximum absolute atomic E-state index is 3.66. The van der Waals surface area contributed by atoms with Crippen molar-refractivity contribution in [3.05, 3.63) is 34.9 Å². The number of hydrazine groups is 1. The minimum Gasteiger partial charge on any atom is -0.254 e. The molecule has 5 unspecified atom stereocenters. The predicted molar refractivity (Wildman–Crippen MR) is 77.7 cm³/mol. The lowest BCUT2D eigenvalue weighted by atomic mass is 9.78. The van der Waals surface area contributed by atoms with Gasteiger partial charge in [-0.25, -0.2) is 0 Å². The van der Waals surface area contributed by atoms with Gasteiger partial charge in [0.15, 0.2) is 0 Å². The van der Waals surface area contributed by atoms with Crippen molar-refractivity contribution >= 4 is 0 Å². The molecule has 1 aliphatic heterocycles. The number of hydrogen-bond acceptors (Lipinski definition) is 2. The third kappa shape index (κ3) is 1.77. The minimum atomic E-state index is 0.500. The van der Waals surface area contributed by atoms with Crippen LogP contribution >= 0.6 is 0 Å². The number of fused-ring (bicyclic) bond motifs is 5. The third-order valence-corrected chi connectivity index (χ3v) is 6.04. The van der Waals surface area contributed by atoms with E-state index in [-0.39, 0.29) is 0 Å². The molecule has 3 aliphatic rings. The highest BCUT2D eigenvalue weighted by Gasteiger charge is 2.49. The molecule has 0 aromatic heterocycles. The van der Waals surface area contributed by atoms with Gasteiger partial charge in [0.1, 0.15) is 0 Å². The van der Waals surface area contributed by atoms with Crippen molar-refractivity contribution in [2.75, 3.05) is 0 Å². The van der Waals surface area contributed by atoms with Crippen LogP contribution in [0.2, 0.25) is 0 Å². The molecule has 19 heavy (non-hydrogen) atoms. The molecule has 2 heteroatoms. The van der Waals surface area contributed by atoms with Crippen LogP contribution in [0.15, 0.2) is 18.2 Å².